The number of hydrogen-bond acceptors (Lipinski definition) is 3. The number of thioether (sulfide) groups is 1. The Morgan fingerprint density at radius 2 is 1.69 bits per heavy atom. The van der Waals surface area contributed by atoms with Crippen LogP contribution in [0.2, 0.25) is 0 Å². The molecule has 29 heavy (non-hydrogen) atoms. The Bertz CT molecular complexity index is 1020. The zero-order valence-corrected chi connectivity index (χ0v) is 17.0. The summed E-state index contributed by atoms with van der Waals surface area (Å²) >= 11 is 1.68. The van der Waals surface area contributed by atoms with Crippen molar-refractivity contribution in [1.82, 2.24) is 0 Å². The van der Waals surface area contributed by atoms with Gasteiger partial charge in [-0.3, -0.25) is 9.59 Å². The molecule has 3 aromatic rings. The predicted octanol–water partition coefficient (Wildman–Crippen LogP) is 5.20. The highest BCUT2D eigenvalue weighted by atomic mass is 32.2. The van der Waals surface area contributed by atoms with E-state index in [1.165, 1.54) is 0 Å². The third-order valence-corrected chi connectivity index (χ3v) is 6.22. The molecule has 1 aliphatic heterocycles. The largest absolute Gasteiger partial charge is 0.325 e. The van der Waals surface area contributed by atoms with E-state index in [2.05, 4.69) is 5.32 Å². The van der Waals surface area contributed by atoms with Gasteiger partial charge in [-0.15, -0.1) is 11.8 Å². The van der Waals surface area contributed by atoms with Crippen molar-refractivity contribution in [1.29, 1.82) is 0 Å². The fourth-order valence-corrected chi connectivity index (χ4v) is 4.67. The van der Waals surface area contributed by atoms with Crippen LogP contribution in [-0.2, 0) is 9.59 Å². The van der Waals surface area contributed by atoms with Crippen LogP contribution < -0.4 is 10.2 Å². The molecule has 0 aliphatic carbocycles. The predicted molar refractivity (Wildman–Crippen MR) is 118 cm³/mol. The molecule has 2 amide bonds. The lowest BCUT2D eigenvalue weighted by molar-refractivity contribution is -0.121. The molecular weight excluding hydrogens is 380 g/mol. The number of fused-ring (bicyclic) bond motifs is 1. The van der Waals surface area contributed by atoms with Gasteiger partial charge in [-0.2, -0.15) is 0 Å². The second-order valence-electron chi connectivity index (χ2n) is 7.08. The van der Waals surface area contributed by atoms with E-state index in [4.69, 9.17) is 0 Å². The van der Waals surface area contributed by atoms with Gasteiger partial charge in [-0.05, 0) is 36.8 Å². The molecule has 1 heterocycles. The number of amides is 2. The van der Waals surface area contributed by atoms with Crippen LogP contribution in [0.1, 0.15) is 22.8 Å². The molecule has 0 bridgehead atoms. The number of rotatable bonds is 4. The average molecular weight is 403 g/mol. The Balaban J connectivity index is 1.57. The molecule has 4 nitrogen and oxygen atoms in total. The molecule has 1 aliphatic rings. The van der Waals surface area contributed by atoms with Gasteiger partial charge >= 0.3 is 0 Å². The maximum atomic E-state index is 13.1. The number of carbonyl (C=O) groups excluding carboxylic acids is 2. The fourth-order valence-electron chi connectivity index (χ4n) is 3.39. The normalized spacial score (nSPS) is 16.1. The molecule has 0 fully saturated rings. The van der Waals surface area contributed by atoms with E-state index < -0.39 is 0 Å². The molecular formula is C24H22N2O2S. The van der Waals surface area contributed by atoms with Crippen molar-refractivity contribution in [2.24, 2.45) is 0 Å². The SMILES string of the molecule is Cc1ccc(NC(=O)CN2C(=O)CC(c3ccccc3)Sc3ccccc32)cc1. The topological polar surface area (TPSA) is 49.4 Å². The first kappa shape index (κ1) is 19.3. The van der Waals surface area contributed by atoms with Crippen molar-refractivity contribution in [3.8, 4) is 0 Å². The molecule has 3 aromatic carbocycles. The highest BCUT2D eigenvalue weighted by Crippen LogP contribution is 2.45. The third kappa shape index (κ3) is 4.51. The number of nitrogens with zero attached hydrogens (tertiary/aromatic N) is 1. The van der Waals surface area contributed by atoms with E-state index in [9.17, 15) is 9.59 Å². The fraction of sp³-hybridized carbons (Fsp3) is 0.167. The second kappa shape index (κ2) is 8.53. The Labute approximate surface area is 174 Å². The summed E-state index contributed by atoms with van der Waals surface area (Å²) in [6.07, 6.45) is 0.348. The Kier molecular flexibility index (Phi) is 5.67. The van der Waals surface area contributed by atoms with E-state index in [-0.39, 0.29) is 23.6 Å². The van der Waals surface area contributed by atoms with Gasteiger partial charge in [0.15, 0.2) is 0 Å². The van der Waals surface area contributed by atoms with Crippen LogP contribution in [0.15, 0.2) is 83.8 Å². The van der Waals surface area contributed by atoms with Gasteiger partial charge in [0.2, 0.25) is 11.8 Å². The average Bonchev–Trinajstić information content (AvgIpc) is 2.87. The summed E-state index contributed by atoms with van der Waals surface area (Å²) in [4.78, 5) is 28.4. The monoisotopic (exact) mass is 402 g/mol. The minimum Gasteiger partial charge on any atom is -0.325 e. The van der Waals surface area contributed by atoms with Crippen LogP contribution in [-0.4, -0.2) is 18.4 Å². The van der Waals surface area contributed by atoms with Crippen molar-refractivity contribution in [2.75, 3.05) is 16.8 Å². The van der Waals surface area contributed by atoms with Crippen LogP contribution in [0.25, 0.3) is 0 Å². The quantitative estimate of drug-likeness (QED) is 0.652. The summed E-state index contributed by atoms with van der Waals surface area (Å²) in [5, 5.41) is 2.91. The number of benzene rings is 3. The standard InChI is InChI=1S/C24H22N2O2S/c1-17-11-13-19(14-12-17)25-23(27)16-26-20-9-5-6-10-21(20)29-22(15-24(26)28)18-7-3-2-4-8-18/h2-14,22H,15-16H2,1H3,(H,25,27). The Hall–Kier alpha value is -3.05. The van der Waals surface area contributed by atoms with Gasteiger partial charge in [-0.25, -0.2) is 0 Å². The number of anilines is 2. The molecule has 0 saturated heterocycles. The van der Waals surface area contributed by atoms with Crippen LogP contribution in [0.5, 0.6) is 0 Å². The molecule has 0 radical (unpaired) electrons. The molecule has 0 aromatic heterocycles. The summed E-state index contributed by atoms with van der Waals surface area (Å²) in [5.74, 6) is -0.254. The Morgan fingerprint density at radius 1 is 1.00 bits per heavy atom. The molecule has 4 rings (SSSR count). The number of aryl methyl sites for hydroxylation is 1. The van der Waals surface area contributed by atoms with Crippen molar-refractivity contribution in [3.05, 3.63) is 90.0 Å². The van der Waals surface area contributed by atoms with Crippen LogP contribution in [0, 0.1) is 6.92 Å². The van der Waals surface area contributed by atoms with E-state index in [0.29, 0.717) is 6.42 Å². The molecule has 5 heteroatoms. The molecule has 1 unspecified atom stereocenters. The van der Waals surface area contributed by atoms with Gasteiger partial charge in [0.05, 0.1) is 5.69 Å². The lowest BCUT2D eigenvalue weighted by atomic mass is 10.1. The molecule has 0 spiro atoms. The summed E-state index contributed by atoms with van der Waals surface area (Å²) in [6, 6.07) is 25.5. The molecule has 146 valence electrons. The first-order valence-electron chi connectivity index (χ1n) is 9.57. The van der Waals surface area contributed by atoms with Gasteiger partial charge in [-0.1, -0.05) is 60.2 Å². The van der Waals surface area contributed by atoms with Gasteiger partial charge in [0, 0.05) is 22.3 Å². The second-order valence-corrected chi connectivity index (χ2v) is 8.33. The van der Waals surface area contributed by atoms with Crippen molar-refractivity contribution in [3.63, 3.8) is 0 Å². The third-order valence-electron chi connectivity index (χ3n) is 4.89. The number of carbonyl (C=O) groups is 2. The zero-order chi connectivity index (χ0) is 20.2. The maximum absolute atomic E-state index is 13.1. The number of para-hydroxylation sites is 1. The van der Waals surface area contributed by atoms with Crippen molar-refractivity contribution in [2.45, 2.75) is 23.5 Å². The van der Waals surface area contributed by atoms with Crippen LogP contribution >= 0.6 is 11.8 Å². The smallest absolute Gasteiger partial charge is 0.244 e. The summed E-state index contributed by atoms with van der Waals surface area (Å²) < 4.78 is 0. The molecule has 1 atom stereocenters. The van der Waals surface area contributed by atoms with Crippen LogP contribution in [0.4, 0.5) is 11.4 Å². The van der Waals surface area contributed by atoms with Gasteiger partial charge < -0.3 is 10.2 Å². The van der Waals surface area contributed by atoms with Gasteiger partial charge in [0.25, 0.3) is 0 Å². The lowest BCUT2D eigenvalue weighted by Crippen LogP contribution is -2.38. The van der Waals surface area contributed by atoms with E-state index >= 15 is 0 Å². The van der Waals surface area contributed by atoms with E-state index in [1.807, 2.05) is 85.8 Å². The first-order valence-corrected chi connectivity index (χ1v) is 10.5. The number of nitrogens with one attached hydrogen (secondary N) is 1. The highest BCUT2D eigenvalue weighted by Gasteiger charge is 2.30. The minimum absolute atomic E-state index is 0.00814. The number of hydrogen-bond donors (Lipinski definition) is 1. The van der Waals surface area contributed by atoms with Crippen molar-refractivity contribution < 1.29 is 9.59 Å². The first-order chi connectivity index (χ1) is 14.1. The molecule has 1 N–H and O–H groups in total. The Morgan fingerprint density at radius 3 is 2.45 bits per heavy atom. The van der Waals surface area contributed by atoms with E-state index in [1.54, 1.807) is 16.7 Å². The zero-order valence-electron chi connectivity index (χ0n) is 16.2. The summed E-state index contributed by atoms with van der Waals surface area (Å²) in [6.45, 7) is 1.99. The maximum Gasteiger partial charge on any atom is 0.244 e. The van der Waals surface area contributed by atoms with Gasteiger partial charge in [0.1, 0.15) is 6.54 Å². The minimum atomic E-state index is -0.208. The highest BCUT2D eigenvalue weighted by molar-refractivity contribution is 7.99. The summed E-state index contributed by atoms with van der Waals surface area (Å²) in [7, 11) is 0. The summed E-state index contributed by atoms with van der Waals surface area (Å²) in [5.41, 5.74) is 3.77. The lowest BCUT2D eigenvalue weighted by Gasteiger charge is -2.22. The van der Waals surface area contributed by atoms with Crippen molar-refractivity contribution >= 4 is 35.0 Å². The van der Waals surface area contributed by atoms with Crippen LogP contribution in [0.3, 0.4) is 0 Å². The molecule has 0 saturated carbocycles. The van der Waals surface area contributed by atoms with E-state index in [0.717, 1.165) is 27.4 Å².